The molecule has 0 fully saturated rings. The van der Waals surface area contributed by atoms with Crippen molar-refractivity contribution in [1.82, 2.24) is 9.66 Å². The Morgan fingerprint density at radius 3 is 2.18 bits per heavy atom. The first kappa shape index (κ1) is 14.0. The van der Waals surface area contributed by atoms with Gasteiger partial charge in [0.2, 0.25) is 5.95 Å². The van der Waals surface area contributed by atoms with E-state index < -0.39 is 0 Å². The monoisotopic (exact) mass is 294 g/mol. The molecule has 0 amide bonds. The molecule has 2 N–H and O–H groups in total. The van der Waals surface area contributed by atoms with Crippen LogP contribution in [0.25, 0.3) is 11.1 Å². The molecule has 110 valence electrons. The summed E-state index contributed by atoms with van der Waals surface area (Å²) in [5.41, 5.74) is 9.48. The van der Waals surface area contributed by atoms with Crippen molar-refractivity contribution in [3.05, 3.63) is 71.8 Å². The normalized spacial score (nSPS) is 11.2. The van der Waals surface area contributed by atoms with Crippen molar-refractivity contribution in [2.24, 2.45) is 5.10 Å². The number of halogens is 1. The summed E-state index contributed by atoms with van der Waals surface area (Å²) in [6.07, 6.45) is 3.48. The first-order chi connectivity index (χ1) is 10.6. The van der Waals surface area contributed by atoms with Crippen LogP contribution >= 0.6 is 0 Å². The number of aryl methyl sites for hydroxylation is 1. The van der Waals surface area contributed by atoms with E-state index in [1.54, 1.807) is 24.5 Å². The minimum Gasteiger partial charge on any atom is -0.368 e. The first-order valence-electron chi connectivity index (χ1n) is 6.83. The lowest BCUT2D eigenvalue weighted by Crippen LogP contribution is -1.96. The van der Waals surface area contributed by atoms with Crippen molar-refractivity contribution in [3.63, 3.8) is 0 Å². The predicted molar refractivity (Wildman–Crippen MR) is 86.2 cm³/mol. The largest absolute Gasteiger partial charge is 0.368 e. The van der Waals surface area contributed by atoms with Crippen LogP contribution in [0.4, 0.5) is 10.3 Å². The summed E-state index contributed by atoms with van der Waals surface area (Å²) < 4.78 is 14.5. The highest BCUT2D eigenvalue weighted by molar-refractivity contribution is 5.81. The summed E-state index contributed by atoms with van der Waals surface area (Å²) in [5, 5.41) is 4.27. The van der Waals surface area contributed by atoms with E-state index in [0.29, 0.717) is 5.95 Å². The molecule has 2 aromatic carbocycles. The molecule has 0 saturated carbocycles. The van der Waals surface area contributed by atoms with Gasteiger partial charge in [0.05, 0.1) is 18.1 Å². The highest BCUT2D eigenvalue weighted by Crippen LogP contribution is 2.19. The lowest BCUT2D eigenvalue weighted by molar-refractivity contribution is 0.628. The topological polar surface area (TPSA) is 56.2 Å². The van der Waals surface area contributed by atoms with Crippen LogP contribution in [0.3, 0.4) is 0 Å². The quantitative estimate of drug-likeness (QED) is 0.752. The van der Waals surface area contributed by atoms with Crippen molar-refractivity contribution in [2.75, 3.05) is 5.73 Å². The smallest absolute Gasteiger partial charge is 0.221 e. The number of hydrogen-bond donors (Lipinski definition) is 1. The molecule has 0 aliphatic rings. The summed E-state index contributed by atoms with van der Waals surface area (Å²) >= 11 is 0. The molecular formula is C17H15FN4. The maximum Gasteiger partial charge on any atom is 0.221 e. The predicted octanol–water partition coefficient (Wildman–Crippen LogP) is 3.46. The third-order valence-electron chi connectivity index (χ3n) is 3.25. The fourth-order valence-electron chi connectivity index (χ4n) is 2.13. The van der Waals surface area contributed by atoms with Crippen LogP contribution in [0.1, 0.15) is 11.3 Å². The SMILES string of the molecule is Cc1cn(N=Cc2ccc(-c3ccc(F)cc3)cc2)c(N)n1. The standard InChI is InChI=1S/C17H15FN4/c1-12-11-22(17(19)21-12)20-10-13-2-4-14(5-3-13)15-6-8-16(18)9-7-15/h2-11H,1H3,(H2,19,21). The average molecular weight is 294 g/mol. The number of benzene rings is 2. The molecule has 1 heterocycles. The summed E-state index contributed by atoms with van der Waals surface area (Å²) in [5.74, 6) is 0.123. The molecular weight excluding hydrogens is 279 g/mol. The Morgan fingerprint density at radius 1 is 1.05 bits per heavy atom. The van der Waals surface area contributed by atoms with Gasteiger partial charge in [0.1, 0.15) is 5.82 Å². The van der Waals surface area contributed by atoms with E-state index in [4.69, 9.17) is 5.73 Å². The number of anilines is 1. The minimum absolute atomic E-state index is 0.235. The number of rotatable bonds is 3. The van der Waals surface area contributed by atoms with Crippen LogP contribution in [-0.2, 0) is 0 Å². The number of nitrogens with two attached hydrogens (primary N) is 1. The second-order valence-electron chi connectivity index (χ2n) is 4.96. The van der Waals surface area contributed by atoms with E-state index in [9.17, 15) is 4.39 Å². The first-order valence-corrected chi connectivity index (χ1v) is 6.83. The lowest BCUT2D eigenvalue weighted by Gasteiger charge is -2.02. The molecule has 1 aromatic heterocycles. The zero-order valence-corrected chi connectivity index (χ0v) is 12.1. The second-order valence-corrected chi connectivity index (χ2v) is 4.96. The number of imidazole rings is 1. The molecule has 0 spiro atoms. The number of nitrogen functional groups attached to an aromatic ring is 1. The van der Waals surface area contributed by atoms with Gasteiger partial charge in [0.15, 0.2) is 0 Å². The van der Waals surface area contributed by atoms with Crippen molar-refractivity contribution >= 4 is 12.2 Å². The second kappa shape index (κ2) is 5.81. The number of hydrogen-bond acceptors (Lipinski definition) is 3. The van der Waals surface area contributed by atoms with Crippen molar-refractivity contribution < 1.29 is 4.39 Å². The van der Waals surface area contributed by atoms with Gasteiger partial charge in [-0.05, 0) is 35.7 Å². The molecule has 0 bridgehead atoms. The molecule has 3 aromatic rings. The van der Waals surface area contributed by atoms with E-state index in [2.05, 4.69) is 10.1 Å². The molecule has 3 rings (SSSR count). The summed E-state index contributed by atoms with van der Waals surface area (Å²) in [6.45, 7) is 1.86. The van der Waals surface area contributed by atoms with E-state index in [1.165, 1.54) is 16.8 Å². The van der Waals surface area contributed by atoms with Crippen molar-refractivity contribution in [2.45, 2.75) is 6.92 Å². The fourth-order valence-corrected chi connectivity index (χ4v) is 2.13. The molecule has 0 atom stereocenters. The Morgan fingerprint density at radius 2 is 1.64 bits per heavy atom. The summed E-state index contributed by atoms with van der Waals surface area (Å²) in [6, 6.07) is 14.3. The summed E-state index contributed by atoms with van der Waals surface area (Å²) in [7, 11) is 0. The van der Waals surface area contributed by atoms with Gasteiger partial charge in [-0.25, -0.2) is 14.1 Å². The maximum absolute atomic E-state index is 12.9. The molecule has 0 saturated heterocycles. The Labute approximate surface area is 127 Å². The third kappa shape index (κ3) is 3.03. The zero-order valence-electron chi connectivity index (χ0n) is 12.1. The molecule has 5 heteroatoms. The molecule has 4 nitrogen and oxygen atoms in total. The highest BCUT2D eigenvalue weighted by atomic mass is 19.1. The Balaban J connectivity index is 1.79. The van der Waals surface area contributed by atoms with E-state index in [-0.39, 0.29) is 5.82 Å². The van der Waals surface area contributed by atoms with E-state index in [0.717, 1.165) is 22.4 Å². The van der Waals surface area contributed by atoms with Crippen LogP contribution in [0.5, 0.6) is 0 Å². The van der Waals surface area contributed by atoms with Gasteiger partial charge in [-0.15, -0.1) is 0 Å². The van der Waals surface area contributed by atoms with Crippen LogP contribution in [-0.4, -0.2) is 15.9 Å². The lowest BCUT2D eigenvalue weighted by atomic mass is 10.0. The molecule has 0 radical (unpaired) electrons. The van der Waals surface area contributed by atoms with Gasteiger partial charge >= 0.3 is 0 Å². The minimum atomic E-state index is -0.235. The van der Waals surface area contributed by atoms with Gasteiger partial charge in [0, 0.05) is 0 Å². The van der Waals surface area contributed by atoms with E-state index in [1.807, 2.05) is 31.2 Å². The van der Waals surface area contributed by atoms with Crippen LogP contribution in [0.15, 0.2) is 59.8 Å². The number of nitrogens with zero attached hydrogens (tertiary/aromatic N) is 3. The maximum atomic E-state index is 12.9. The summed E-state index contributed by atoms with van der Waals surface area (Å²) in [4.78, 5) is 4.08. The van der Waals surface area contributed by atoms with Crippen LogP contribution < -0.4 is 5.73 Å². The molecule has 0 aliphatic carbocycles. The van der Waals surface area contributed by atoms with Gasteiger partial charge in [-0.2, -0.15) is 5.10 Å². The van der Waals surface area contributed by atoms with Crippen molar-refractivity contribution in [1.29, 1.82) is 0 Å². The van der Waals surface area contributed by atoms with Gasteiger partial charge < -0.3 is 5.73 Å². The zero-order chi connectivity index (χ0) is 15.5. The fraction of sp³-hybridized carbons (Fsp3) is 0.0588. The number of aromatic nitrogens is 2. The van der Waals surface area contributed by atoms with Crippen molar-refractivity contribution in [3.8, 4) is 11.1 Å². The van der Waals surface area contributed by atoms with Crippen LogP contribution in [0.2, 0.25) is 0 Å². The Hall–Kier alpha value is -2.95. The van der Waals surface area contributed by atoms with Crippen LogP contribution in [0, 0.1) is 12.7 Å². The van der Waals surface area contributed by atoms with E-state index >= 15 is 0 Å². The van der Waals surface area contributed by atoms with Gasteiger partial charge in [0.25, 0.3) is 0 Å². The Bertz CT molecular complexity index is 802. The van der Waals surface area contributed by atoms with Gasteiger partial charge in [-0.3, -0.25) is 0 Å². The highest BCUT2D eigenvalue weighted by Gasteiger charge is 2.00. The Kier molecular flexibility index (Phi) is 3.70. The average Bonchev–Trinajstić information content (AvgIpc) is 2.84. The third-order valence-corrected chi connectivity index (χ3v) is 3.25. The molecule has 22 heavy (non-hydrogen) atoms. The molecule has 0 aliphatic heterocycles. The van der Waals surface area contributed by atoms with Gasteiger partial charge in [-0.1, -0.05) is 36.4 Å². The molecule has 0 unspecified atom stereocenters.